The SMILES string of the molecule is O=C(O)C1(CNc2nc3ccccc3o2)CCOCC1. The number of carbonyl (C=O) groups is 1. The van der Waals surface area contributed by atoms with Gasteiger partial charge in [-0.15, -0.1) is 0 Å². The summed E-state index contributed by atoms with van der Waals surface area (Å²) in [6.45, 7) is 1.24. The highest BCUT2D eigenvalue weighted by Gasteiger charge is 2.40. The molecular weight excluding hydrogens is 260 g/mol. The van der Waals surface area contributed by atoms with Crippen LogP contribution in [-0.4, -0.2) is 35.8 Å². The molecule has 1 aromatic carbocycles. The third-order valence-electron chi connectivity index (χ3n) is 3.78. The Morgan fingerprint density at radius 2 is 2.10 bits per heavy atom. The number of anilines is 1. The van der Waals surface area contributed by atoms with Crippen molar-refractivity contribution in [2.24, 2.45) is 5.41 Å². The Balaban J connectivity index is 1.75. The average Bonchev–Trinajstić information content (AvgIpc) is 2.89. The second-order valence-electron chi connectivity index (χ2n) is 5.04. The lowest BCUT2D eigenvalue weighted by Crippen LogP contribution is -2.42. The number of hydrogen-bond acceptors (Lipinski definition) is 5. The van der Waals surface area contributed by atoms with Crippen molar-refractivity contribution < 1.29 is 19.1 Å². The molecule has 1 fully saturated rings. The molecule has 1 saturated heterocycles. The molecule has 2 N–H and O–H groups in total. The van der Waals surface area contributed by atoms with Crippen LogP contribution in [-0.2, 0) is 9.53 Å². The molecular formula is C14H16N2O4. The van der Waals surface area contributed by atoms with Gasteiger partial charge in [0.15, 0.2) is 5.58 Å². The van der Waals surface area contributed by atoms with Crippen LogP contribution in [0.2, 0.25) is 0 Å². The number of rotatable bonds is 4. The summed E-state index contributed by atoms with van der Waals surface area (Å²) >= 11 is 0. The monoisotopic (exact) mass is 276 g/mol. The summed E-state index contributed by atoms with van der Waals surface area (Å²) in [7, 11) is 0. The molecule has 106 valence electrons. The minimum atomic E-state index is -0.807. The number of ether oxygens (including phenoxy) is 1. The lowest BCUT2D eigenvalue weighted by atomic mass is 9.80. The maximum absolute atomic E-state index is 11.5. The number of fused-ring (bicyclic) bond motifs is 1. The van der Waals surface area contributed by atoms with Crippen LogP contribution >= 0.6 is 0 Å². The fourth-order valence-corrected chi connectivity index (χ4v) is 2.42. The van der Waals surface area contributed by atoms with Crippen LogP contribution in [0.25, 0.3) is 11.1 Å². The average molecular weight is 276 g/mol. The molecule has 0 amide bonds. The van der Waals surface area contributed by atoms with E-state index in [1.807, 2.05) is 24.3 Å². The van der Waals surface area contributed by atoms with Crippen molar-refractivity contribution in [2.45, 2.75) is 12.8 Å². The van der Waals surface area contributed by atoms with E-state index in [1.165, 1.54) is 0 Å². The van der Waals surface area contributed by atoms with Gasteiger partial charge in [0.05, 0.1) is 5.41 Å². The third kappa shape index (κ3) is 2.34. The van der Waals surface area contributed by atoms with Crippen LogP contribution in [0, 0.1) is 5.41 Å². The minimum Gasteiger partial charge on any atom is -0.481 e. The summed E-state index contributed by atoms with van der Waals surface area (Å²) in [5.74, 6) is -0.801. The predicted octanol–water partition coefficient (Wildman–Crippen LogP) is 2.12. The highest BCUT2D eigenvalue weighted by atomic mass is 16.5. The first kappa shape index (κ1) is 12.9. The summed E-state index contributed by atoms with van der Waals surface area (Å²) in [6, 6.07) is 7.79. The molecule has 1 aliphatic heterocycles. The number of nitrogens with zero attached hydrogens (tertiary/aromatic N) is 1. The van der Waals surface area contributed by atoms with E-state index >= 15 is 0 Å². The number of aromatic nitrogens is 1. The molecule has 20 heavy (non-hydrogen) atoms. The molecule has 1 aliphatic rings. The van der Waals surface area contributed by atoms with Crippen molar-refractivity contribution in [3.63, 3.8) is 0 Å². The summed E-state index contributed by atoms with van der Waals surface area (Å²) < 4.78 is 10.8. The Morgan fingerprint density at radius 3 is 2.80 bits per heavy atom. The van der Waals surface area contributed by atoms with Gasteiger partial charge in [-0.3, -0.25) is 4.79 Å². The van der Waals surface area contributed by atoms with Crippen LogP contribution in [0.3, 0.4) is 0 Å². The Bertz CT molecular complexity index is 583. The van der Waals surface area contributed by atoms with Gasteiger partial charge in [0, 0.05) is 19.8 Å². The zero-order valence-electron chi connectivity index (χ0n) is 11.0. The van der Waals surface area contributed by atoms with E-state index in [9.17, 15) is 9.90 Å². The van der Waals surface area contributed by atoms with Gasteiger partial charge < -0.3 is 19.6 Å². The van der Waals surface area contributed by atoms with Crippen LogP contribution in [0.15, 0.2) is 28.7 Å². The zero-order valence-corrected chi connectivity index (χ0v) is 11.0. The first-order valence-corrected chi connectivity index (χ1v) is 6.60. The van der Waals surface area contributed by atoms with Gasteiger partial charge in [-0.25, -0.2) is 0 Å². The zero-order chi connectivity index (χ0) is 14.0. The topological polar surface area (TPSA) is 84.6 Å². The molecule has 2 heterocycles. The maximum atomic E-state index is 11.5. The normalized spacial score (nSPS) is 18.0. The molecule has 0 bridgehead atoms. The van der Waals surface area contributed by atoms with Crippen LogP contribution in [0.5, 0.6) is 0 Å². The summed E-state index contributed by atoms with van der Waals surface area (Å²) in [4.78, 5) is 15.8. The van der Waals surface area contributed by atoms with E-state index in [-0.39, 0.29) is 0 Å². The van der Waals surface area contributed by atoms with Gasteiger partial charge in [-0.2, -0.15) is 4.98 Å². The number of oxazole rings is 1. The van der Waals surface area contributed by atoms with Crippen LogP contribution < -0.4 is 5.32 Å². The standard InChI is InChI=1S/C14H16N2O4/c17-12(18)14(5-7-19-8-6-14)9-15-13-16-10-3-1-2-4-11(10)20-13/h1-4H,5-9H2,(H,15,16)(H,17,18). The first-order chi connectivity index (χ1) is 9.70. The van der Waals surface area contributed by atoms with Crippen molar-refractivity contribution >= 4 is 23.1 Å². The van der Waals surface area contributed by atoms with E-state index in [1.54, 1.807) is 0 Å². The van der Waals surface area contributed by atoms with Gasteiger partial charge in [0.2, 0.25) is 0 Å². The molecule has 1 aromatic heterocycles. The molecule has 6 heteroatoms. The molecule has 0 spiro atoms. The Hall–Kier alpha value is -2.08. The quantitative estimate of drug-likeness (QED) is 0.889. The minimum absolute atomic E-state index is 0.290. The number of benzene rings is 1. The van der Waals surface area contributed by atoms with Gasteiger partial charge in [-0.05, 0) is 25.0 Å². The molecule has 2 aromatic rings. The van der Waals surface area contributed by atoms with Crippen molar-refractivity contribution in [3.8, 4) is 0 Å². The summed E-state index contributed by atoms with van der Waals surface area (Å²) in [5.41, 5.74) is 0.636. The van der Waals surface area contributed by atoms with Crippen molar-refractivity contribution in [2.75, 3.05) is 25.1 Å². The van der Waals surface area contributed by atoms with Gasteiger partial charge in [0.1, 0.15) is 5.52 Å². The van der Waals surface area contributed by atoms with Gasteiger partial charge >= 0.3 is 5.97 Å². The number of aliphatic carboxylic acids is 1. The number of para-hydroxylation sites is 2. The first-order valence-electron chi connectivity index (χ1n) is 6.60. The highest BCUT2D eigenvalue weighted by Crippen LogP contribution is 2.31. The van der Waals surface area contributed by atoms with Crippen LogP contribution in [0.4, 0.5) is 6.01 Å². The molecule has 0 saturated carbocycles. The molecule has 0 atom stereocenters. The Labute approximate surface area is 115 Å². The Morgan fingerprint density at radius 1 is 1.35 bits per heavy atom. The predicted molar refractivity (Wildman–Crippen MR) is 72.6 cm³/mol. The fraction of sp³-hybridized carbons (Fsp3) is 0.429. The van der Waals surface area contributed by atoms with E-state index in [0.29, 0.717) is 44.2 Å². The molecule has 0 unspecified atom stereocenters. The lowest BCUT2D eigenvalue weighted by Gasteiger charge is -2.32. The lowest BCUT2D eigenvalue weighted by molar-refractivity contribution is -0.153. The molecule has 3 rings (SSSR count). The van der Waals surface area contributed by atoms with E-state index < -0.39 is 11.4 Å². The van der Waals surface area contributed by atoms with Crippen LogP contribution in [0.1, 0.15) is 12.8 Å². The van der Waals surface area contributed by atoms with Gasteiger partial charge in [0.25, 0.3) is 6.01 Å². The molecule has 0 radical (unpaired) electrons. The number of nitrogens with one attached hydrogen (secondary N) is 1. The second-order valence-corrected chi connectivity index (χ2v) is 5.04. The van der Waals surface area contributed by atoms with Crippen molar-refractivity contribution in [1.82, 2.24) is 4.98 Å². The molecule has 0 aliphatic carbocycles. The summed E-state index contributed by atoms with van der Waals surface area (Å²) in [5, 5.41) is 12.5. The number of hydrogen-bond donors (Lipinski definition) is 2. The van der Waals surface area contributed by atoms with Gasteiger partial charge in [-0.1, -0.05) is 12.1 Å². The number of carboxylic acid groups (broad SMARTS) is 1. The summed E-state index contributed by atoms with van der Waals surface area (Å²) in [6.07, 6.45) is 0.991. The van der Waals surface area contributed by atoms with E-state index in [4.69, 9.17) is 9.15 Å². The van der Waals surface area contributed by atoms with E-state index in [0.717, 1.165) is 5.52 Å². The Kier molecular flexibility index (Phi) is 3.31. The maximum Gasteiger partial charge on any atom is 0.311 e. The van der Waals surface area contributed by atoms with Crippen molar-refractivity contribution in [3.05, 3.63) is 24.3 Å². The van der Waals surface area contributed by atoms with Crippen molar-refractivity contribution in [1.29, 1.82) is 0 Å². The smallest absolute Gasteiger partial charge is 0.311 e. The second kappa shape index (κ2) is 5.13. The third-order valence-corrected chi connectivity index (χ3v) is 3.78. The number of carboxylic acids is 1. The highest BCUT2D eigenvalue weighted by molar-refractivity contribution is 5.76. The molecule has 6 nitrogen and oxygen atoms in total. The van der Waals surface area contributed by atoms with E-state index in [2.05, 4.69) is 10.3 Å². The fourth-order valence-electron chi connectivity index (χ4n) is 2.42. The largest absolute Gasteiger partial charge is 0.481 e.